The number of hydrogen-bond acceptors (Lipinski definition) is 35. The van der Waals surface area contributed by atoms with Crippen LogP contribution < -0.4 is 24.4 Å². The fourth-order valence-corrected chi connectivity index (χ4v) is 16.4. The van der Waals surface area contributed by atoms with E-state index in [2.05, 4.69) is 79.2 Å². The number of aromatic nitrogens is 10. The zero-order chi connectivity index (χ0) is 106. The number of halogens is 2. The normalized spacial score (nSPS) is 18.4. The van der Waals surface area contributed by atoms with Gasteiger partial charge in [0.2, 0.25) is 0 Å². The Balaban J connectivity index is 0.000000217. The molecule has 4 saturated carbocycles. The fourth-order valence-electron chi connectivity index (χ4n) is 15.8. The predicted octanol–water partition coefficient (Wildman–Crippen LogP) is 15.9. The molecule has 8 atom stereocenters. The summed E-state index contributed by atoms with van der Waals surface area (Å²) in [6, 6.07) is 32.1. The number of esters is 5. The zero-order valence-corrected chi connectivity index (χ0v) is 86.7. The van der Waals surface area contributed by atoms with Gasteiger partial charge in [0.1, 0.15) is 39.2 Å². The van der Waals surface area contributed by atoms with Crippen molar-refractivity contribution in [1.29, 1.82) is 21.0 Å². The first kappa shape index (κ1) is 116. The number of nitrogens with zero attached hydrogens (tertiary/aromatic N) is 16. The molecule has 0 radical (unpaired) electrons. The highest BCUT2D eigenvalue weighted by molar-refractivity contribution is 9.10. The molecule has 9 aromatic rings. The molecule has 5 aliphatic rings. The van der Waals surface area contributed by atoms with Crippen LogP contribution in [0, 0.1) is 89.2 Å². The first-order valence-electron chi connectivity index (χ1n) is 47.2. The van der Waals surface area contributed by atoms with E-state index in [9.17, 15) is 74.8 Å². The summed E-state index contributed by atoms with van der Waals surface area (Å²) in [4.78, 5) is 108. The molecule has 4 N–H and O–H groups in total. The Kier molecular flexibility index (Phi) is 44.5. The molecular weight excluding hydrogens is 1990 g/mol. The van der Waals surface area contributed by atoms with Crippen molar-refractivity contribution < 1.29 is 106 Å². The highest BCUT2D eigenvalue weighted by Gasteiger charge is 2.53. The maximum Gasteiger partial charge on any atom is 0.498 e. The van der Waals surface area contributed by atoms with Gasteiger partial charge in [0.05, 0.1) is 148 Å². The number of rotatable bonds is 26. The summed E-state index contributed by atoms with van der Waals surface area (Å²) in [5, 5.41) is 108. The van der Waals surface area contributed by atoms with Crippen LogP contribution in [-0.4, -0.2) is 182 Å². The molecule has 8 heterocycles. The van der Waals surface area contributed by atoms with Gasteiger partial charge in [0.25, 0.3) is 11.4 Å². The van der Waals surface area contributed by atoms with Gasteiger partial charge in [-0.05, 0) is 291 Å². The maximum absolute atomic E-state index is 12.4. The summed E-state index contributed by atoms with van der Waals surface area (Å²) < 4.78 is 62.3. The minimum absolute atomic E-state index is 0.000000000000000222. The van der Waals surface area contributed by atoms with Crippen LogP contribution in [0.4, 0.5) is 11.4 Å². The molecule has 0 spiro atoms. The summed E-state index contributed by atoms with van der Waals surface area (Å²) in [5.74, 6) is -0.609. The minimum atomic E-state index is -0.530. The Hall–Kier alpha value is -13.5. The van der Waals surface area contributed by atoms with Gasteiger partial charge in [-0.1, -0.05) is 6.42 Å². The van der Waals surface area contributed by atoms with Crippen LogP contribution in [0.15, 0.2) is 125 Å². The molecule has 0 unspecified atom stereocenters. The lowest BCUT2D eigenvalue weighted by Gasteiger charge is -2.32. The number of Topliss-reactive ketones (excluding diaryl/α,β-unsaturated/α-hetero) is 1. The standard InChI is InChI=1S/C29H31N5O7.C21H26N4O4.C16H19BrN2O3.C11H19BN2O3.C10H18O3.C8H7NO3.C6H3BrN2O/c1-18(2)39-29(36)19-5-4-6-22(15-19)40-27-13-11-24(32-25(27)16-30)23-17-31-33(3)26(23)12-14-28(35)41-21-9-7-20(8-10-21)34(37)38;1-13(2)28-21(27)14-5-4-6-15(9-14)29-20-8-7-17(24-18(20)10-22)16-11-23-25(3)19(16)12-26;1-10(2)21-16(20)11-4-3-5-12(8-11)22-14-6-7-15(17)19-13(14)9-18;1-10(2)11(3,4)17-12(16-10)8-6-13-14(5)9(8)7-15;1-7(2)13-10(12)8-4-3-5-9(11)6-8;1-6(10)7-2-4-8(5-3-7)9(11)12;7-6-2-1-5(10)4(3-8)9-6/h7-11,13,17-19,22H,4-6,12,14-15H2,1-3H3;7-8,11,13-15,26H,4-6,9,12H2,1-3H3;6-7,10-12H,3-5,8H2,1-2H3;6,15H,7H2,1-5H3;7-9,11H,3-6H2,1-2H3;2-5H,1H3;1-2,10H/t19-,22-;14-,15-;11-,12-;;8-,9-;;/m000.0../s1. The number of hydrogen-bond donors (Lipinski definition) is 4. The minimum Gasteiger partial charge on any atom is -0.505 e. The molecule has 2 aromatic carbocycles. The first-order chi connectivity index (χ1) is 68.3. The Morgan fingerprint density at radius 1 is 0.486 bits per heavy atom. The molecule has 768 valence electrons. The van der Waals surface area contributed by atoms with Crippen LogP contribution in [0.25, 0.3) is 22.5 Å². The van der Waals surface area contributed by atoms with Crippen molar-refractivity contribution in [2.75, 3.05) is 0 Å². The van der Waals surface area contributed by atoms with Crippen molar-refractivity contribution in [3.05, 3.63) is 191 Å². The highest BCUT2D eigenvalue weighted by Crippen LogP contribution is 2.40. The number of nitriles is 4. The Bertz CT molecular complexity index is 6010. The van der Waals surface area contributed by atoms with Gasteiger partial charge in [0, 0.05) is 85.9 Å². The lowest BCUT2D eigenvalue weighted by molar-refractivity contribution is -0.385. The average molecular weight is 2120 g/mol. The summed E-state index contributed by atoms with van der Waals surface area (Å²) in [7, 11) is 4.81. The van der Waals surface area contributed by atoms with Gasteiger partial charge in [-0.2, -0.15) is 36.3 Å². The zero-order valence-electron chi connectivity index (χ0n) is 83.5. The second kappa shape index (κ2) is 55.4. The number of carbonyl (C=O) groups excluding carboxylic acids is 6. The quantitative estimate of drug-likeness (QED) is 0.00571. The van der Waals surface area contributed by atoms with E-state index in [0.717, 1.165) is 93.9 Å². The van der Waals surface area contributed by atoms with Crippen LogP contribution in [0.2, 0.25) is 0 Å². The van der Waals surface area contributed by atoms with Crippen molar-refractivity contribution in [3.63, 3.8) is 0 Å². The van der Waals surface area contributed by atoms with Crippen molar-refractivity contribution in [3.8, 4) is 75.5 Å². The number of aliphatic hydroxyl groups is 3. The molecule has 0 bridgehead atoms. The van der Waals surface area contributed by atoms with E-state index in [1.54, 1.807) is 102 Å². The van der Waals surface area contributed by atoms with Crippen molar-refractivity contribution >= 4 is 91.4 Å². The van der Waals surface area contributed by atoms with E-state index >= 15 is 0 Å². The molecule has 4 aliphatic carbocycles. The van der Waals surface area contributed by atoms with Crippen LogP contribution in [0.3, 0.4) is 0 Å². The van der Waals surface area contributed by atoms with Crippen LogP contribution >= 0.6 is 31.9 Å². The van der Waals surface area contributed by atoms with Crippen LogP contribution in [0.5, 0.6) is 28.7 Å². The van der Waals surface area contributed by atoms with E-state index < -0.39 is 22.9 Å². The van der Waals surface area contributed by atoms with Crippen molar-refractivity contribution in [2.24, 2.45) is 44.8 Å². The third kappa shape index (κ3) is 34.6. The summed E-state index contributed by atoms with van der Waals surface area (Å²) >= 11 is 6.30. The van der Waals surface area contributed by atoms with E-state index in [-0.39, 0.29) is 185 Å². The number of aromatic hydroxyl groups is 1. The monoisotopic (exact) mass is 2110 g/mol. The molecule has 0 amide bonds. The number of carbonyl (C=O) groups is 6. The van der Waals surface area contributed by atoms with Gasteiger partial charge < -0.3 is 67.6 Å². The largest absolute Gasteiger partial charge is 0.505 e. The van der Waals surface area contributed by atoms with E-state index in [0.29, 0.717) is 85.9 Å². The SMILES string of the molecule is CC(=O)c1ccc([N+](=O)[O-])cc1.CC(C)OC(=O)[C@H]1CCC[C@H](O)C1.CC(C)OC(=O)[C@H]1CCC[C@H](Oc2ccc(-c3cnn(C)c3CCC(=O)Oc3ccc([N+](=O)[O-])cc3)nc2C#N)C1.CC(C)OC(=O)[C@H]1CCC[C@H](Oc2ccc(-c3cnn(C)c3CO)nc2C#N)C1.CC(C)OC(=O)[C@H]1CCC[C@H](Oc2ccc(Br)nc2C#N)C1.Cn1ncc(B2OC(C)(C)C(C)(C)O2)c1CO.N#Cc1nc(Br)ccc1O. The van der Waals surface area contributed by atoms with E-state index in [1.165, 1.54) is 61.5 Å². The molecule has 14 rings (SSSR count). The molecule has 1 saturated heterocycles. The molecule has 7 aromatic heterocycles. The fraction of sp³-hybridized carbons (Fsp3) is 0.495. The van der Waals surface area contributed by atoms with Gasteiger partial charge in [-0.15, -0.1) is 0 Å². The second-order valence-electron chi connectivity index (χ2n) is 36.7. The number of non-ortho nitro benzene ring substituents is 2. The van der Waals surface area contributed by atoms with E-state index in [1.807, 2.05) is 89.2 Å². The Morgan fingerprint density at radius 2 is 0.840 bits per heavy atom. The smallest absolute Gasteiger partial charge is 0.498 e. The van der Waals surface area contributed by atoms with Gasteiger partial charge in [-0.3, -0.25) is 63.0 Å². The Labute approximate surface area is 852 Å². The van der Waals surface area contributed by atoms with Gasteiger partial charge in [-0.25, -0.2) is 19.9 Å². The third-order valence-electron chi connectivity index (χ3n) is 23.9. The lowest BCUT2D eigenvalue weighted by Crippen LogP contribution is -2.41. The summed E-state index contributed by atoms with van der Waals surface area (Å²) in [6.07, 6.45) is 16.3. The number of benzene rings is 2. The number of aliphatic hydroxyl groups excluding tert-OH is 3. The molecule has 144 heavy (non-hydrogen) atoms. The average Bonchev–Trinajstić information content (AvgIpc) is 1.61. The van der Waals surface area contributed by atoms with Crippen LogP contribution in [-0.2, 0) is 93.0 Å². The molecule has 40 nitrogen and oxygen atoms in total. The molecule has 1 aliphatic heterocycles. The number of aryl methyl sites for hydroxylation is 3. The van der Waals surface area contributed by atoms with E-state index in [4.69, 9.17) is 62.8 Å². The summed E-state index contributed by atoms with van der Waals surface area (Å²) in [5.41, 5.74) is 5.45. The Morgan fingerprint density at radius 3 is 1.22 bits per heavy atom. The van der Waals surface area contributed by atoms with Gasteiger partial charge >= 0.3 is 37.0 Å². The highest BCUT2D eigenvalue weighted by atomic mass is 79.9. The predicted molar refractivity (Wildman–Crippen MR) is 530 cm³/mol. The molecule has 43 heteroatoms. The molecular formula is C101H123BBr2N16O24. The lowest BCUT2D eigenvalue weighted by atomic mass is 9.79. The van der Waals surface area contributed by atoms with Crippen molar-refractivity contribution in [1.82, 2.24) is 49.3 Å². The number of ether oxygens (including phenoxy) is 8. The van der Waals surface area contributed by atoms with Gasteiger partial charge in [0.15, 0.2) is 51.6 Å². The number of nitro groups is 2. The number of pyridine rings is 4. The van der Waals surface area contributed by atoms with Crippen molar-refractivity contribution in [2.45, 2.75) is 279 Å². The molecule has 5 fully saturated rings. The second-order valence-corrected chi connectivity index (χ2v) is 38.3. The first-order valence-corrected chi connectivity index (χ1v) is 48.8. The summed E-state index contributed by atoms with van der Waals surface area (Å²) in [6.45, 7) is 23.9. The number of ketones is 1. The number of nitro benzene ring substituents is 2. The topological polar surface area (TPSA) is 562 Å². The third-order valence-corrected chi connectivity index (χ3v) is 24.7. The van der Waals surface area contributed by atoms with Crippen LogP contribution in [0.1, 0.15) is 249 Å². The maximum atomic E-state index is 12.4.